The summed E-state index contributed by atoms with van der Waals surface area (Å²) in [5.74, 6) is -12.4. The molecule has 0 spiro atoms. The first kappa shape index (κ1) is 30.0. The Bertz CT molecular complexity index is 459. The van der Waals surface area contributed by atoms with E-state index in [-0.39, 0.29) is 19.5 Å². The topological polar surface area (TPSA) is 254 Å². The van der Waals surface area contributed by atoms with E-state index in [9.17, 15) is 29.4 Å². The summed E-state index contributed by atoms with van der Waals surface area (Å²) in [6.07, 6.45) is -3.79. The molecule has 15 heteroatoms. The molecule has 27 heavy (non-hydrogen) atoms. The largest absolute Gasteiger partial charge is 2.00 e. The van der Waals surface area contributed by atoms with E-state index in [1.165, 1.54) is 0 Å². The maximum absolute atomic E-state index is 10.6. The molecule has 0 aromatic rings. The number of carboxylic acids is 2. The third-order valence-corrected chi connectivity index (χ3v) is 2.13. The quantitative estimate of drug-likeness (QED) is 0.114. The maximum atomic E-state index is 10.6. The van der Waals surface area contributed by atoms with Crippen LogP contribution >= 0.6 is 0 Å². The van der Waals surface area contributed by atoms with Crippen molar-refractivity contribution in [3.8, 4) is 0 Å². The molecule has 0 aromatic carbocycles. The number of rotatable bonds is 8. The fraction of sp³-hybridized carbons (Fsp3) is 0.667. The minimum atomic E-state index is -2.79. The number of carboxylic acid groups (broad SMARTS) is 2. The summed E-state index contributed by atoms with van der Waals surface area (Å²) in [5.41, 5.74) is 0. The molecule has 6 N–H and O–H groups in total. The summed E-state index contributed by atoms with van der Waals surface area (Å²) in [7, 11) is 0. The van der Waals surface area contributed by atoms with Gasteiger partial charge in [-0.3, -0.25) is 0 Å². The average Bonchev–Trinajstić information content (AvgIpc) is 2.47. The molecule has 0 fully saturated rings. The fourth-order valence-corrected chi connectivity index (χ4v) is 0.802. The van der Waals surface area contributed by atoms with Crippen LogP contribution in [0, 0.1) is 0 Å². The van der Waals surface area contributed by atoms with Crippen molar-refractivity contribution in [1.29, 1.82) is 0 Å². The molecule has 0 saturated carbocycles. The molecule has 0 bridgehead atoms. The van der Waals surface area contributed by atoms with Crippen LogP contribution in [0.1, 0.15) is 13.8 Å². The molecular formula is C12H18O14Zn. The van der Waals surface area contributed by atoms with Gasteiger partial charge in [-0.1, -0.05) is 0 Å². The van der Waals surface area contributed by atoms with Crippen molar-refractivity contribution in [2.45, 2.75) is 37.6 Å². The van der Waals surface area contributed by atoms with Gasteiger partial charge in [-0.15, -0.1) is 0 Å². The van der Waals surface area contributed by atoms with Gasteiger partial charge in [0.15, 0.2) is 12.2 Å². The van der Waals surface area contributed by atoms with Gasteiger partial charge in [0.1, 0.15) is 0 Å². The molecule has 0 aliphatic heterocycles. The fourth-order valence-electron chi connectivity index (χ4n) is 0.802. The van der Waals surface area contributed by atoms with Crippen LogP contribution < -0.4 is 10.2 Å². The summed E-state index contributed by atoms with van der Waals surface area (Å²) in [5, 5.41) is 71.3. The number of hydrogen-bond acceptors (Lipinski definition) is 14. The predicted molar refractivity (Wildman–Crippen MR) is 69.6 cm³/mol. The number of ether oxygens (including phenoxy) is 2. The van der Waals surface area contributed by atoms with Crippen molar-refractivity contribution in [3.63, 3.8) is 0 Å². The van der Waals surface area contributed by atoms with E-state index in [1.807, 2.05) is 0 Å². The van der Waals surface area contributed by atoms with Crippen molar-refractivity contribution in [1.82, 2.24) is 0 Å². The zero-order valence-corrected chi connectivity index (χ0v) is 17.2. The van der Waals surface area contributed by atoms with E-state index in [0.717, 1.165) is 0 Å². The van der Waals surface area contributed by atoms with Crippen LogP contribution in [0.3, 0.4) is 0 Å². The Kier molecular flexibility index (Phi) is 14.0. The standard InChI is InChI=1S/2C6H10O7.Zn/c2*1-6(11,12)5(10)13-3(2-7)4(8)9;/h2*3,7,11-12H,2H2,1H3,(H,8,9);/q;;+2/p-2. The van der Waals surface area contributed by atoms with Gasteiger partial charge < -0.3 is 59.9 Å². The van der Waals surface area contributed by atoms with Crippen LogP contribution in [-0.4, -0.2) is 91.5 Å². The van der Waals surface area contributed by atoms with Crippen molar-refractivity contribution in [2.24, 2.45) is 0 Å². The van der Waals surface area contributed by atoms with Crippen LogP contribution in [0.4, 0.5) is 0 Å². The van der Waals surface area contributed by atoms with E-state index < -0.39 is 60.9 Å². The molecule has 152 valence electrons. The van der Waals surface area contributed by atoms with Crippen molar-refractivity contribution in [3.05, 3.63) is 0 Å². The minimum Gasteiger partial charge on any atom is -0.546 e. The molecule has 0 saturated heterocycles. The minimum absolute atomic E-state index is 0. The third-order valence-electron chi connectivity index (χ3n) is 2.13. The predicted octanol–water partition coefficient (Wildman–Crippen LogP) is -7.32. The molecule has 0 rings (SSSR count). The summed E-state index contributed by atoms with van der Waals surface area (Å²) in [6, 6.07) is 0. The van der Waals surface area contributed by atoms with Crippen molar-refractivity contribution in [2.75, 3.05) is 13.2 Å². The second-order valence-corrected chi connectivity index (χ2v) is 4.83. The molecule has 0 aliphatic carbocycles. The van der Waals surface area contributed by atoms with Crippen LogP contribution in [0.2, 0.25) is 0 Å². The SMILES string of the molecule is CC(O)(O)C(=O)OC(CO)C(=O)[O-].CC(O)(O)C(=O)OC(CO)C(=O)[O-].[Zn+2]. The summed E-state index contributed by atoms with van der Waals surface area (Å²) >= 11 is 0. The van der Waals surface area contributed by atoms with Gasteiger partial charge in [0, 0.05) is 13.8 Å². The molecule has 0 aromatic heterocycles. The first-order valence-electron chi connectivity index (χ1n) is 6.53. The van der Waals surface area contributed by atoms with Gasteiger partial charge in [0.05, 0.1) is 25.2 Å². The normalized spacial score (nSPS) is 13.0. The maximum Gasteiger partial charge on any atom is 2.00 e. The van der Waals surface area contributed by atoms with Crippen LogP contribution in [0.5, 0.6) is 0 Å². The van der Waals surface area contributed by atoms with Gasteiger partial charge in [-0.2, -0.15) is 0 Å². The van der Waals surface area contributed by atoms with Gasteiger partial charge >= 0.3 is 31.4 Å². The molecule has 14 nitrogen and oxygen atoms in total. The number of hydrogen-bond donors (Lipinski definition) is 6. The summed E-state index contributed by atoms with van der Waals surface area (Å²) in [6.45, 7) is -0.605. The van der Waals surface area contributed by atoms with E-state index in [4.69, 9.17) is 30.6 Å². The Hall–Kier alpha value is -1.74. The first-order chi connectivity index (χ1) is 11.6. The van der Waals surface area contributed by atoms with Gasteiger partial charge in [-0.25, -0.2) is 9.59 Å². The second kappa shape index (κ2) is 12.6. The zero-order valence-electron chi connectivity index (χ0n) is 14.2. The third kappa shape index (κ3) is 13.1. The molecule has 0 amide bonds. The smallest absolute Gasteiger partial charge is 0.546 e. The van der Waals surface area contributed by atoms with Crippen LogP contribution in [-0.2, 0) is 48.1 Å². The average molecular weight is 452 g/mol. The molecule has 2 atom stereocenters. The molecule has 2 unspecified atom stereocenters. The van der Waals surface area contributed by atoms with Gasteiger partial charge in [0.2, 0.25) is 0 Å². The Morgan fingerprint density at radius 1 is 0.778 bits per heavy atom. The van der Waals surface area contributed by atoms with E-state index in [2.05, 4.69) is 9.47 Å². The molecule has 0 radical (unpaired) electrons. The Morgan fingerprint density at radius 3 is 1.11 bits per heavy atom. The van der Waals surface area contributed by atoms with E-state index in [0.29, 0.717) is 13.8 Å². The van der Waals surface area contributed by atoms with Crippen LogP contribution in [0.25, 0.3) is 0 Å². The number of aliphatic hydroxyl groups is 6. The molecular weight excluding hydrogens is 434 g/mol. The number of aliphatic hydroxyl groups excluding tert-OH is 2. The van der Waals surface area contributed by atoms with Gasteiger partial charge in [0.25, 0.3) is 11.6 Å². The van der Waals surface area contributed by atoms with Crippen molar-refractivity contribution < 1.29 is 89.0 Å². The number of aliphatic carboxylic acids is 2. The molecule has 0 aliphatic rings. The van der Waals surface area contributed by atoms with E-state index in [1.54, 1.807) is 0 Å². The Labute approximate surface area is 164 Å². The summed E-state index contributed by atoms with van der Waals surface area (Å²) < 4.78 is 7.95. The first-order valence-corrected chi connectivity index (χ1v) is 6.53. The summed E-state index contributed by atoms with van der Waals surface area (Å²) in [4.78, 5) is 41.4. The Morgan fingerprint density at radius 2 is 1.00 bits per heavy atom. The monoisotopic (exact) mass is 450 g/mol. The number of carbonyl (C=O) groups excluding carboxylic acids is 4. The van der Waals surface area contributed by atoms with Crippen LogP contribution in [0.15, 0.2) is 0 Å². The van der Waals surface area contributed by atoms with E-state index >= 15 is 0 Å². The van der Waals surface area contributed by atoms with Crippen molar-refractivity contribution >= 4 is 23.9 Å². The zero-order chi connectivity index (χ0) is 21.3. The number of esters is 2. The second-order valence-electron chi connectivity index (χ2n) is 4.83. The Balaban J connectivity index is -0.000000411. The molecule has 0 heterocycles. The number of carbonyl (C=O) groups is 4. The van der Waals surface area contributed by atoms with Gasteiger partial charge in [-0.05, 0) is 0 Å².